The second kappa shape index (κ2) is 6.29. The summed E-state index contributed by atoms with van der Waals surface area (Å²) in [6, 6.07) is 6.02. The van der Waals surface area contributed by atoms with Crippen LogP contribution in [0.1, 0.15) is 25.8 Å². The number of rotatable bonds is 6. The lowest BCUT2D eigenvalue weighted by Gasteiger charge is -2.23. The molecule has 0 heterocycles. The number of carbonyl (C=O) groups is 1. The van der Waals surface area contributed by atoms with E-state index >= 15 is 0 Å². The third-order valence-electron chi connectivity index (χ3n) is 2.68. The molecule has 6 nitrogen and oxygen atoms in total. The fraction of sp³-hybridized carbons (Fsp3) is 0.462. The number of carbonyl (C=O) groups excluding carboxylic acids is 1. The van der Waals surface area contributed by atoms with Gasteiger partial charge < -0.3 is 9.84 Å². The molecule has 0 fully saturated rings. The minimum atomic E-state index is -1.02. The van der Waals surface area contributed by atoms with E-state index in [1.165, 1.54) is 19.1 Å². The van der Waals surface area contributed by atoms with Gasteiger partial charge in [-0.25, -0.2) is 0 Å². The van der Waals surface area contributed by atoms with Gasteiger partial charge in [0.1, 0.15) is 0 Å². The zero-order chi connectivity index (χ0) is 14.5. The quantitative estimate of drug-likeness (QED) is 0.482. The van der Waals surface area contributed by atoms with Gasteiger partial charge in [-0.1, -0.05) is 12.1 Å². The van der Waals surface area contributed by atoms with Crippen LogP contribution in [0, 0.1) is 10.1 Å². The van der Waals surface area contributed by atoms with Crippen molar-refractivity contribution in [3.8, 4) is 0 Å². The molecule has 0 saturated carbocycles. The molecule has 0 amide bonds. The van der Waals surface area contributed by atoms with Gasteiger partial charge in [0.2, 0.25) is 0 Å². The first kappa shape index (κ1) is 15.1. The summed E-state index contributed by atoms with van der Waals surface area (Å²) in [7, 11) is 0. The number of benzene rings is 1. The van der Waals surface area contributed by atoms with Gasteiger partial charge in [-0.3, -0.25) is 14.9 Å². The molecule has 0 aromatic heterocycles. The van der Waals surface area contributed by atoms with E-state index in [1.807, 2.05) is 0 Å². The van der Waals surface area contributed by atoms with E-state index in [-0.39, 0.29) is 18.3 Å². The van der Waals surface area contributed by atoms with Crippen LogP contribution in [-0.2, 0) is 16.0 Å². The first-order valence-electron chi connectivity index (χ1n) is 5.89. The second-order valence-electron chi connectivity index (χ2n) is 4.69. The van der Waals surface area contributed by atoms with Gasteiger partial charge in [-0.2, -0.15) is 0 Å². The Morgan fingerprint density at radius 2 is 2.00 bits per heavy atom. The fourth-order valence-electron chi connectivity index (χ4n) is 1.68. The molecule has 0 radical (unpaired) electrons. The van der Waals surface area contributed by atoms with Crippen LogP contribution in [0.2, 0.25) is 0 Å². The Balaban J connectivity index is 2.56. The van der Waals surface area contributed by atoms with Gasteiger partial charge in [-0.05, 0) is 12.5 Å². The van der Waals surface area contributed by atoms with E-state index in [2.05, 4.69) is 0 Å². The van der Waals surface area contributed by atoms with Crippen LogP contribution in [0.4, 0.5) is 5.69 Å². The third-order valence-corrected chi connectivity index (χ3v) is 2.68. The molecule has 1 rings (SSSR count). The molecule has 0 saturated heterocycles. The van der Waals surface area contributed by atoms with Crippen LogP contribution in [0.25, 0.3) is 0 Å². The SMILES string of the molecule is CC(=O)OCCC(C)(O)Cc1ccc([N+](=O)[O-])cc1. The first-order valence-corrected chi connectivity index (χ1v) is 5.89. The predicted molar refractivity (Wildman–Crippen MR) is 68.7 cm³/mol. The van der Waals surface area contributed by atoms with Crippen LogP contribution in [0.5, 0.6) is 0 Å². The molecule has 19 heavy (non-hydrogen) atoms. The van der Waals surface area contributed by atoms with Gasteiger partial charge in [0.05, 0.1) is 17.1 Å². The lowest BCUT2D eigenvalue weighted by molar-refractivity contribution is -0.384. The minimum absolute atomic E-state index is 0.0169. The third kappa shape index (κ3) is 5.48. The Hall–Kier alpha value is -1.95. The van der Waals surface area contributed by atoms with Crippen molar-refractivity contribution in [1.29, 1.82) is 0 Å². The maximum Gasteiger partial charge on any atom is 0.302 e. The van der Waals surface area contributed by atoms with E-state index < -0.39 is 10.5 Å². The van der Waals surface area contributed by atoms with Crippen LogP contribution in [0.15, 0.2) is 24.3 Å². The summed E-state index contributed by atoms with van der Waals surface area (Å²) in [5, 5.41) is 20.6. The largest absolute Gasteiger partial charge is 0.466 e. The van der Waals surface area contributed by atoms with E-state index in [0.29, 0.717) is 12.8 Å². The standard InChI is InChI=1S/C13H17NO5/c1-10(15)19-8-7-13(2,16)9-11-3-5-12(6-4-11)14(17)18/h3-6,16H,7-9H2,1-2H3. The van der Waals surface area contributed by atoms with Crippen molar-refractivity contribution in [1.82, 2.24) is 0 Å². The summed E-state index contributed by atoms with van der Waals surface area (Å²) in [6.45, 7) is 3.10. The zero-order valence-electron chi connectivity index (χ0n) is 11.0. The molecule has 0 aliphatic heterocycles. The molecular formula is C13H17NO5. The monoisotopic (exact) mass is 267 g/mol. The molecule has 1 aromatic carbocycles. The number of esters is 1. The summed E-state index contributed by atoms with van der Waals surface area (Å²) in [6.07, 6.45) is 0.649. The number of hydrogen-bond acceptors (Lipinski definition) is 5. The predicted octanol–water partition coefficient (Wildman–Crippen LogP) is 1.84. The van der Waals surface area contributed by atoms with Gasteiger partial charge in [-0.15, -0.1) is 0 Å². The average molecular weight is 267 g/mol. The van der Waals surface area contributed by atoms with Crippen LogP contribution in [-0.4, -0.2) is 28.2 Å². The van der Waals surface area contributed by atoms with Crippen molar-refractivity contribution in [3.63, 3.8) is 0 Å². The molecular weight excluding hydrogens is 250 g/mol. The number of nitro groups is 1. The minimum Gasteiger partial charge on any atom is -0.466 e. The Kier molecular flexibility index (Phi) is 5.00. The van der Waals surface area contributed by atoms with Crippen LogP contribution in [0.3, 0.4) is 0 Å². The smallest absolute Gasteiger partial charge is 0.302 e. The number of nitrogens with zero attached hydrogens (tertiary/aromatic N) is 1. The molecule has 1 N–H and O–H groups in total. The lowest BCUT2D eigenvalue weighted by atomic mass is 9.93. The Morgan fingerprint density at radius 1 is 1.42 bits per heavy atom. The molecule has 104 valence electrons. The lowest BCUT2D eigenvalue weighted by Crippen LogP contribution is -2.29. The molecule has 1 atom stereocenters. The summed E-state index contributed by atoms with van der Waals surface area (Å²) in [4.78, 5) is 20.7. The van der Waals surface area contributed by atoms with Gasteiger partial charge >= 0.3 is 5.97 Å². The maximum absolute atomic E-state index is 10.6. The summed E-state index contributed by atoms with van der Waals surface area (Å²) >= 11 is 0. The zero-order valence-corrected chi connectivity index (χ0v) is 11.0. The van der Waals surface area contributed by atoms with E-state index in [9.17, 15) is 20.0 Å². The number of ether oxygens (including phenoxy) is 1. The van der Waals surface area contributed by atoms with Gasteiger partial charge in [0.25, 0.3) is 5.69 Å². The molecule has 0 bridgehead atoms. The first-order chi connectivity index (χ1) is 8.80. The van der Waals surface area contributed by atoms with Crippen molar-refractivity contribution in [2.24, 2.45) is 0 Å². The van der Waals surface area contributed by atoms with E-state index in [4.69, 9.17) is 4.74 Å². The van der Waals surface area contributed by atoms with Crippen LogP contribution < -0.4 is 0 Å². The highest BCUT2D eigenvalue weighted by Gasteiger charge is 2.21. The maximum atomic E-state index is 10.6. The van der Waals surface area contributed by atoms with Gasteiger partial charge in [0, 0.05) is 31.9 Å². The highest BCUT2D eigenvalue weighted by molar-refractivity contribution is 5.65. The summed E-state index contributed by atoms with van der Waals surface area (Å²) < 4.78 is 4.78. The highest BCUT2D eigenvalue weighted by Crippen LogP contribution is 2.19. The van der Waals surface area contributed by atoms with Crippen LogP contribution >= 0.6 is 0 Å². The number of nitro benzene ring substituents is 1. The number of non-ortho nitro benzene ring substituents is 1. The Labute approximate surface area is 111 Å². The van der Waals surface area contributed by atoms with Crippen molar-refractivity contribution < 1.29 is 19.6 Å². The number of aliphatic hydroxyl groups is 1. The van der Waals surface area contributed by atoms with Gasteiger partial charge in [0.15, 0.2) is 0 Å². The van der Waals surface area contributed by atoms with Crippen molar-refractivity contribution in [2.75, 3.05) is 6.61 Å². The van der Waals surface area contributed by atoms with Crippen molar-refractivity contribution in [2.45, 2.75) is 32.3 Å². The fourth-order valence-corrected chi connectivity index (χ4v) is 1.68. The highest BCUT2D eigenvalue weighted by atomic mass is 16.6. The molecule has 1 unspecified atom stereocenters. The molecule has 1 aromatic rings. The van der Waals surface area contributed by atoms with Crippen molar-refractivity contribution >= 4 is 11.7 Å². The number of hydrogen-bond donors (Lipinski definition) is 1. The normalized spacial score (nSPS) is 13.6. The van der Waals surface area contributed by atoms with E-state index in [0.717, 1.165) is 5.56 Å². The topological polar surface area (TPSA) is 89.7 Å². The molecule has 6 heteroatoms. The van der Waals surface area contributed by atoms with Crippen molar-refractivity contribution in [3.05, 3.63) is 39.9 Å². The summed E-state index contributed by atoms with van der Waals surface area (Å²) in [5.74, 6) is -0.383. The Bertz CT molecular complexity index is 453. The van der Waals surface area contributed by atoms with E-state index in [1.54, 1.807) is 19.1 Å². The molecule has 0 spiro atoms. The average Bonchev–Trinajstić information content (AvgIpc) is 2.28. The molecule has 0 aliphatic rings. The summed E-state index contributed by atoms with van der Waals surface area (Å²) in [5.41, 5.74) is -0.215. The molecule has 0 aliphatic carbocycles. The Morgan fingerprint density at radius 3 is 2.47 bits per heavy atom. The second-order valence-corrected chi connectivity index (χ2v) is 4.69.